The summed E-state index contributed by atoms with van der Waals surface area (Å²) in [5.74, 6) is -0.500. The van der Waals surface area contributed by atoms with E-state index >= 15 is 0 Å². The molecule has 2 amide bonds. The lowest BCUT2D eigenvalue weighted by Crippen LogP contribution is -2.40. The molecule has 6 heteroatoms. The van der Waals surface area contributed by atoms with E-state index in [2.05, 4.69) is 4.90 Å². The van der Waals surface area contributed by atoms with Crippen LogP contribution in [-0.4, -0.2) is 60.4 Å². The number of rotatable bonds is 7. The average molecular weight is 358 g/mol. The van der Waals surface area contributed by atoms with E-state index < -0.39 is 0 Å². The van der Waals surface area contributed by atoms with E-state index in [0.717, 1.165) is 45.3 Å². The lowest BCUT2D eigenvalue weighted by molar-refractivity contribution is -0.149. The SMILES string of the molecule is CCOC(=O)C1CCCN(CCCCN2C(=O)c3ccccc3C2=O)C1. The minimum atomic E-state index is -0.189. The van der Waals surface area contributed by atoms with Crippen LogP contribution in [0.1, 0.15) is 53.3 Å². The van der Waals surface area contributed by atoms with Crippen molar-refractivity contribution in [2.24, 2.45) is 5.92 Å². The summed E-state index contributed by atoms with van der Waals surface area (Å²) in [6.45, 7) is 5.31. The second-order valence-electron chi connectivity index (χ2n) is 6.91. The van der Waals surface area contributed by atoms with Gasteiger partial charge in [0.05, 0.1) is 23.7 Å². The standard InChI is InChI=1S/C20H26N2O4/c1-2-26-20(25)15-8-7-12-21(14-15)11-5-6-13-22-18(23)16-9-3-4-10-17(16)19(22)24/h3-4,9-10,15H,2,5-8,11-14H2,1H3. The predicted octanol–water partition coefficient (Wildman–Crippen LogP) is 2.34. The number of fused-ring (bicyclic) bond motifs is 1. The summed E-state index contributed by atoms with van der Waals surface area (Å²) in [6, 6.07) is 6.98. The van der Waals surface area contributed by atoms with Crippen molar-refractivity contribution < 1.29 is 19.1 Å². The molecule has 140 valence electrons. The van der Waals surface area contributed by atoms with E-state index in [1.807, 2.05) is 6.92 Å². The lowest BCUT2D eigenvalue weighted by Gasteiger charge is -2.31. The van der Waals surface area contributed by atoms with Gasteiger partial charge in [0.25, 0.3) is 11.8 Å². The van der Waals surface area contributed by atoms with Crippen LogP contribution in [0.3, 0.4) is 0 Å². The van der Waals surface area contributed by atoms with Crippen LogP contribution in [0.25, 0.3) is 0 Å². The number of carbonyl (C=O) groups is 3. The largest absolute Gasteiger partial charge is 0.466 e. The average Bonchev–Trinajstić information content (AvgIpc) is 2.90. The third-order valence-corrected chi connectivity index (χ3v) is 5.11. The number of benzene rings is 1. The van der Waals surface area contributed by atoms with Crippen LogP contribution < -0.4 is 0 Å². The fraction of sp³-hybridized carbons (Fsp3) is 0.550. The zero-order chi connectivity index (χ0) is 18.5. The van der Waals surface area contributed by atoms with E-state index in [1.165, 1.54) is 4.90 Å². The van der Waals surface area contributed by atoms with Crippen molar-refractivity contribution in [1.82, 2.24) is 9.80 Å². The molecule has 1 saturated heterocycles. The highest BCUT2D eigenvalue weighted by Gasteiger charge is 2.34. The molecule has 1 unspecified atom stereocenters. The van der Waals surface area contributed by atoms with Gasteiger partial charge in [-0.15, -0.1) is 0 Å². The first-order valence-corrected chi connectivity index (χ1v) is 9.46. The highest BCUT2D eigenvalue weighted by Crippen LogP contribution is 2.23. The van der Waals surface area contributed by atoms with Gasteiger partial charge in [0, 0.05) is 13.1 Å². The fourth-order valence-corrected chi connectivity index (χ4v) is 3.76. The highest BCUT2D eigenvalue weighted by molar-refractivity contribution is 6.21. The first-order chi connectivity index (χ1) is 12.6. The van der Waals surface area contributed by atoms with Gasteiger partial charge in [-0.2, -0.15) is 0 Å². The van der Waals surface area contributed by atoms with Gasteiger partial charge < -0.3 is 9.64 Å². The maximum absolute atomic E-state index is 12.3. The van der Waals surface area contributed by atoms with Gasteiger partial charge in [0.15, 0.2) is 0 Å². The summed E-state index contributed by atoms with van der Waals surface area (Å²) < 4.78 is 5.13. The molecule has 6 nitrogen and oxygen atoms in total. The molecule has 0 spiro atoms. The zero-order valence-electron chi connectivity index (χ0n) is 15.3. The number of unbranched alkanes of at least 4 members (excludes halogenated alkanes) is 1. The van der Waals surface area contributed by atoms with Gasteiger partial charge in [-0.05, 0) is 57.8 Å². The van der Waals surface area contributed by atoms with Crippen LogP contribution in [-0.2, 0) is 9.53 Å². The molecular weight excluding hydrogens is 332 g/mol. The van der Waals surface area contributed by atoms with Gasteiger partial charge in [0.1, 0.15) is 0 Å². The summed E-state index contributed by atoms with van der Waals surface area (Å²) in [5.41, 5.74) is 1.01. The zero-order valence-corrected chi connectivity index (χ0v) is 15.3. The van der Waals surface area contributed by atoms with Crippen molar-refractivity contribution in [3.8, 4) is 0 Å². The van der Waals surface area contributed by atoms with E-state index in [9.17, 15) is 14.4 Å². The van der Waals surface area contributed by atoms with Crippen molar-refractivity contribution in [2.75, 3.05) is 32.8 Å². The Morgan fingerprint density at radius 1 is 1.12 bits per heavy atom. The monoisotopic (exact) mass is 358 g/mol. The molecule has 1 fully saturated rings. The molecule has 26 heavy (non-hydrogen) atoms. The normalized spacial score (nSPS) is 20.3. The van der Waals surface area contributed by atoms with E-state index in [-0.39, 0.29) is 23.7 Å². The number of esters is 1. The van der Waals surface area contributed by atoms with Gasteiger partial charge >= 0.3 is 5.97 Å². The maximum atomic E-state index is 12.3. The molecular formula is C20H26N2O4. The topological polar surface area (TPSA) is 66.9 Å². The molecule has 1 aromatic carbocycles. The second kappa shape index (κ2) is 8.45. The first kappa shape index (κ1) is 18.6. The van der Waals surface area contributed by atoms with Gasteiger partial charge in [0.2, 0.25) is 0 Å². The minimum absolute atomic E-state index is 0.0278. The smallest absolute Gasteiger partial charge is 0.310 e. The number of hydrogen-bond acceptors (Lipinski definition) is 5. The summed E-state index contributed by atoms with van der Waals surface area (Å²) in [6.07, 6.45) is 3.56. The van der Waals surface area contributed by atoms with Crippen LogP contribution in [0.5, 0.6) is 0 Å². The second-order valence-corrected chi connectivity index (χ2v) is 6.91. The third-order valence-electron chi connectivity index (χ3n) is 5.11. The molecule has 2 aliphatic heterocycles. The number of likely N-dealkylation sites (tertiary alicyclic amines) is 1. The van der Waals surface area contributed by atoms with Crippen LogP contribution in [0, 0.1) is 5.92 Å². The Balaban J connectivity index is 1.43. The Morgan fingerprint density at radius 3 is 2.42 bits per heavy atom. The van der Waals surface area contributed by atoms with Gasteiger partial charge in [-0.3, -0.25) is 19.3 Å². The first-order valence-electron chi connectivity index (χ1n) is 9.46. The number of piperidine rings is 1. The predicted molar refractivity (Wildman–Crippen MR) is 96.8 cm³/mol. The molecule has 0 aliphatic carbocycles. The van der Waals surface area contributed by atoms with Crippen molar-refractivity contribution in [3.05, 3.63) is 35.4 Å². The lowest BCUT2D eigenvalue weighted by atomic mass is 9.98. The molecule has 3 rings (SSSR count). The highest BCUT2D eigenvalue weighted by atomic mass is 16.5. The molecule has 0 aromatic heterocycles. The molecule has 0 bridgehead atoms. The molecule has 1 aromatic rings. The summed E-state index contributed by atoms with van der Waals surface area (Å²) >= 11 is 0. The minimum Gasteiger partial charge on any atom is -0.466 e. The van der Waals surface area contributed by atoms with Crippen molar-refractivity contribution >= 4 is 17.8 Å². The van der Waals surface area contributed by atoms with E-state index in [4.69, 9.17) is 4.74 Å². The van der Waals surface area contributed by atoms with Gasteiger partial charge in [-0.1, -0.05) is 12.1 Å². The Hall–Kier alpha value is -2.21. The van der Waals surface area contributed by atoms with Crippen LogP contribution in [0.4, 0.5) is 0 Å². The number of carbonyl (C=O) groups excluding carboxylic acids is 3. The van der Waals surface area contributed by atoms with Crippen molar-refractivity contribution in [2.45, 2.75) is 32.6 Å². The number of amides is 2. The number of ether oxygens (including phenoxy) is 1. The molecule has 0 saturated carbocycles. The number of imide groups is 1. The summed E-state index contributed by atoms with van der Waals surface area (Å²) in [5, 5.41) is 0. The van der Waals surface area contributed by atoms with E-state index in [0.29, 0.717) is 24.3 Å². The van der Waals surface area contributed by atoms with Crippen molar-refractivity contribution in [3.63, 3.8) is 0 Å². The molecule has 2 aliphatic rings. The summed E-state index contributed by atoms with van der Waals surface area (Å²) in [4.78, 5) is 40.2. The van der Waals surface area contributed by atoms with Crippen LogP contribution in [0.15, 0.2) is 24.3 Å². The Bertz CT molecular complexity index is 653. The van der Waals surface area contributed by atoms with Crippen LogP contribution in [0.2, 0.25) is 0 Å². The Kier molecular flexibility index (Phi) is 6.04. The quantitative estimate of drug-likeness (QED) is 0.425. The molecule has 0 N–H and O–H groups in total. The Labute approximate surface area is 154 Å². The molecule has 1 atom stereocenters. The molecule has 0 radical (unpaired) electrons. The Morgan fingerprint density at radius 2 is 1.77 bits per heavy atom. The van der Waals surface area contributed by atoms with Crippen molar-refractivity contribution in [1.29, 1.82) is 0 Å². The van der Waals surface area contributed by atoms with Crippen LogP contribution >= 0.6 is 0 Å². The third kappa shape index (κ3) is 3.96. The number of nitrogens with zero attached hydrogens (tertiary/aromatic N) is 2. The van der Waals surface area contributed by atoms with Gasteiger partial charge in [-0.25, -0.2) is 0 Å². The van der Waals surface area contributed by atoms with E-state index in [1.54, 1.807) is 24.3 Å². The maximum Gasteiger partial charge on any atom is 0.310 e. The fourth-order valence-electron chi connectivity index (χ4n) is 3.76. The number of hydrogen-bond donors (Lipinski definition) is 0. The summed E-state index contributed by atoms with van der Waals surface area (Å²) in [7, 11) is 0. The molecule has 2 heterocycles.